The normalized spacial score (nSPS) is 23.9. The molecule has 1 unspecified atom stereocenters. The lowest BCUT2D eigenvalue weighted by molar-refractivity contribution is 0.109. The molecule has 3 nitrogen and oxygen atoms in total. The maximum Gasteiger partial charge on any atom is 0.104 e. The highest BCUT2D eigenvalue weighted by molar-refractivity contribution is 5.03. The SMILES string of the molecule is CCC1(C)CCN(CCC(C)(C#N)NC)CC1. The van der Waals surface area contributed by atoms with E-state index >= 15 is 0 Å². The Labute approximate surface area is 106 Å². The van der Waals surface area contributed by atoms with Crippen molar-refractivity contribution in [3.05, 3.63) is 0 Å². The van der Waals surface area contributed by atoms with E-state index in [1.165, 1.54) is 32.4 Å². The zero-order valence-corrected chi connectivity index (χ0v) is 11.8. The topological polar surface area (TPSA) is 39.1 Å². The second-order valence-electron chi connectivity index (χ2n) is 5.95. The molecule has 0 amide bonds. The molecule has 1 atom stereocenters. The van der Waals surface area contributed by atoms with Crippen LogP contribution in [-0.2, 0) is 0 Å². The van der Waals surface area contributed by atoms with Gasteiger partial charge >= 0.3 is 0 Å². The van der Waals surface area contributed by atoms with Crippen molar-refractivity contribution in [3.63, 3.8) is 0 Å². The summed E-state index contributed by atoms with van der Waals surface area (Å²) in [6.45, 7) is 10.1. The predicted octanol–water partition coefficient (Wildman–Crippen LogP) is 2.39. The number of likely N-dealkylation sites (tertiary alicyclic amines) is 1. The van der Waals surface area contributed by atoms with Crippen molar-refractivity contribution in [3.8, 4) is 6.07 Å². The third kappa shape index (κ3) is 3.97. The molecule has 0 aliphatic carbocycles. The second-order valence-corrected chi connectivity index (χ2v) is 5.95. The summed E-state index contributed by atoms with van der Waals surface area (Å²) in [6.07, 6.45) is 4.79. The maximum atomic E-state index is 9.10. The first kappa shape index (κ1) is 14.5. The van der Waals surface area contributed by atoms with E-state index in [9.17, 15) is 0 Å². The van der Waals surface area contributed by atoms with Gasteiger partial charge < -0.3 is 10.2 Å². The molecule has 1 rings (SSSR count). The lowest BCUT2D eigenvalue weighted by Crippen LogP contribution is -2.44. The number of hydrogen-bond acceptors (Lipinski definition) is 3. The molecule has 1 N–H and O–H groups in total. The molecule has 0 saturated carbocycles. The summed E-state index contributed by atoms with van der Waals surface area (Å²) in [6, 6.07) is 2.36. The zero-order valence-electron chi connectivity index (χ0n) is 11.8. The summed E-state index contributed by atoms with van der Waals surface area (Å²) in [7, 11) is 1.87. The van der Waals surface area contributed by atoms with Crippen molar-refractivity contribution in [1.29, 1.82) is 5.26 Å². The Morgan fingerprint density at radius 3 is 2.41 bits per heavy atom. The molecule has 0 aromatic carbocycles. The van der Waals surface area contributed by atoms with Crippen LogP contribution in [0.5, 0.6) is 0 Å². The fourth-order valence-corrected chi connectivity index (χ4v) is 2.29. The van der Waals surface area contributed by atoms with Crippen LogP contribution >= 0.6 is 0 Å². The molecule has 1 saturated heterocycles. The first-order valence-electron chi connectivity index (χ1n) is 6.79. The number of rotatable bonds is 5. The smallest absolute Gasteiger partial charge is 0.104 e. The van der Waals surface area contributed by atoms with Crippen LogP contribution in [0.1, 0.15) is 46.5 Å². The molecule has 17 heavy (non-hydrogen) atoms. The highest BCUT2D eigenvalue weighted by Crippen LogP contribution is 2.33. The fourth-order valence-electron chi connectivity index (χ4n) is 2.29. The minimum Gasteiger partial charge on any atom is -0.303 e. The van der Waals surface area contributed by atoms with Gasteiger partial charge in [-0.3, -0.25) is 0 Å². The summed E-state index contributed by atoms with van der Waals surface area (Å²) in [5.41, 5.74) is 0.184. The Morgan fingerprint density at radius 2 is 2.00 bits per heavy atom. The fraction of sp³-hybridized carbons (Fsp3) is 0.929. The molecule has 0 bridgehead atoms. The highest BCUT2D eigenvalue weighted by atomic mass is 15.1. The van der Waals surface area contributed by atoms with E-state index in [0.29, 0.717) is 5.41 Å². The van der Waals surface area contributed by atoms with Gasteiger partial charge in [-0.1, -0.05) is 20.3 Å². The van der Waals surface area contributed by atoms with Crippen LogP contribution in [0.2, 0.25) is 0 Å². The van der Waals surface area contributed by atoms with E-state index in [2.05, 4.69) is 30.1 Å². The first-order chi connectivity index (χ1) is 7.97. The van der Waals surface area contributed by atoms with Crippen molar-refractivity contribution < 1.29 is 0 Å². The van der Waals surface area contributed by atoms with Crippen LogP contribution in [0.3, 0.4) is 0 Å². The third-order valence-electron chi connectivity index (χ3n) is 4.64. The van der Waals surface area contributed by atoms with Crippen LogP contribution in [0.4, 0.5) is 0 Å². The average molecular weight is 237 g/mol. The molecule has 3 heteroatoms. The number of nitrogens with one attached hydrogen (secondary N) is 1. The Morgan fingerprint density at radius 1 is 1.41 bits per heavy atom. The molecule has 1 aliphatic rings. The molecule has 0 aromatic heterocycles. The molecule has 0 aromatic rings. The van der Waals surface area contributed by atoms with Crippen molar-refractivity contribution in [1.82, 2.24) is 10.2 Å². The Bertz CT molecular complexity index is 274. The summed E-state index contributed by atoms with van der Waals surface area (Å²) < 4.78 is 0. The van der Waals surface area contributed by atoms with E-state index in [0.717, 1.165) is 13.0 Å². The highest BCUT2D eigenvalue weighted by Gasteiger charge is 2.29. The summed E-state index contributed by atoms with van der Waals surface area (Å²) in [5, 5.41) is 12.2. The second kappa shape index (κ2) is 5.84. The third-order valence-corrected chi connectivity index (χ3v) is 4.64. The Kier molecular flexibility index (Phi) is 4.97. The van der Waals surface area contributed by atoms with Crippen LogP contribution < -0.4 is 5.32 Å². The van der Waals surface area contributed by atoms with Gasteiger partial charge in [-0.25, -0.2) is 0 Å². The molecule has 1 aliphatic heterocycles. The van der Waals surface area contributed by atoms with Crippen LogP contribution in [-0.4, -0.2) is 37.1 Å². The van der Waals surface area contributed by atoms with Gasteiger partial charge in [-0.2, -0.15) is 5.26 Å². The summed E-state index contributed by atoms with van der Waals surface area (Å²) in [4.78, 5) is 2.50. The number of nitrogens with zero attached hydrogens (tertiary/aromatic N) is 2. The van der Waals surface area contributed by atoms with Crippen molar-refractivity contribution in [2.45, 2.75) is 52.0 Å². The minimum absolute atomic E-state index is 0.370. The van der Waals surface area contributed by atoms with E-state index in [4.69, 9.17) is 5.26 Å². The lowest BCUT2D eigenvalue weighted by atomic mass is 9.78. The van der Waals surface area contributed by atoms with Gasteiger partial charge in [0.25, 0.3) is 0 Å². The average Bonchev–Trinajstić information content (AvgIpc) is 2.38. The monoisotopic (exact) mass is 237 g/mol. The van der Waals surface area contributed by atoms with E-state index in [1.54, 1.807) is 0 Å². The molecule has 0 radical (unpaired) electrons. The van der Waals surface area contributed by atoms with Crippen LogP contribution in [0, 0.1) is 16.7 Å². The van der Waals surface area contributed by atoms with Gasteiger partial charge in [0.1, 0.15) is 5.54 Å². The van der Waals surface area contributed by atoms with Gasteiger partial charge in [-0.15, -0.1) is 0 Å². The molecule has 1 fully saturated rings. The van der Waals surface area contributed by atoms with E-state index in [1.807, 2.05) is 14.0 Å². The predicted molar refractivity (Wildman–Crippen MR) is 71.8 cm³/mol. The Hall–Kier alpha value is -0.590. The van der Waals surface area contributed by atoms with Gasteiger partial charge in [0.15, 0.2) is 0 Å². The van der Waals surface area contributed by atoms with Gasteiger partial charge in [0, 0.05) is 6.54 Å². The Balaban J connectivity index is 2.35. The number of piperidine rings is 1. The molecule has 0 spiro atoms. The van der Waals surface area contributed by atoms with Crippen molar-refractivity contribution in [2.24, 2.45) is 5.41 Å². The number of hydrogen-bond donors (Lipinski definition) is 1. The van der Waals surface area contributed by atoms with Crippen molar-refractivity contribution >= 4 is 0 Å². The molecule has 98 valence electrons. The van der Waals surface area contributed by atoms with Crippen molar-refractivity contribution in [2.75, 3.05) is 26.7 Å². The largest absolute Gasteiger partial charge is 0.303 e. The summed E-state index contributed by atoms with van der Waals surface area (Å²) >= 11 is 0. The van der Waals surface area contributed by atoms with Gasteiger partial charge in [0.05, 0.1) is 6.07 Å². The quantitative estimate of drug-likeness (QED) is 0.798. The molecule has 1 heterocycles. The zero-order chi connectivity index (χ0) is 12.9. The van der Waals surface area contributed by atoms with Crippen LogP contribution in [0.15, 0.2) is 0 Å². The summed E-state index contributed by atoms with van der Waals surface area (Å²) in [5.74, 6) is 0. The van der Waals surface area contributed by atoms with Crippen LogP contribution in [0.25, 0.3) is 0 Å². The first-order valence-corrected chi connectivity index (χ1v) is 6.79. The minimum atomic E-state index is -0.370. The number of nitriles is 1. The maximum absolute atomic E-state index is 9.10. The standard InChI is InChI=1S/C14H27N3/c1-5-13(2)6-9-17(10-7-13)11-8-14(3,12-15)16-4/h16H,5-11H2,1-4H3. The molecular formula is C14H27N3. The van der Waals surface area contributed by atoms with E-state index in [-0.39, 0.29) is 5.54 Å². The molecular weight excluding hydrogens is 210 g/mol. The van der Waals surface area contributed by atoms with E-state index < -0.39 is 0 Å². The van der Waals surface area contributed by atoms with Gasteiger partial charge in [0.2, 0.25) is 0 Å². The van der Waals surface area contributed by atoms with Gasteiger partial charge in [-0.05, 0) is 51.7 Å². The lowest BCUT2D eigenvalue weighted by Gasteiger charge is -2.39.